The second kappa shape index (κ2) is 6.60. The van der Waals surface area contributed by atoms with E-state index in [1.54, 1.807) is 37.3 Å². The van der Waals surface area contributed by atoms with Gasteiger partial charge in [-0.05, 0) is 18.6 Å². The van der Waals surface area contributed by atoms with E-state index in [1.807, 2.05) is 0 Å². The molecule has 0 amide bonds. The van der Waals surface area contributed by atoms with E-state index in [4.69, 9.17) is 9.84 Å². The van der Waals surface area contributed by atoms with Gasteiger partial charge in [-0.3, -0.25) is 4.79 Å². The van der Waals surface area contributed by atoms with Crippen LogP contribution >= 0.6 is 0 Å². The van der Waals surface area contributed by atoms with Crippen LogP contribution in [0.15, 0.2) is 30.3 Å². The third-order valence-corrected chi connectivity index (χ3v) is 2.07. The van der Waals surface area contributed by atoms with E-state index in [-0.39, 0.29) is 5.78 Å². The van der Waals surface area contributed by atoms with Gasteiger partial charge in [-0.2, -0.15) is 0 Å². The van der Waals surface area contributed by atoms with Crippen molar-refractivity contribution in [1.82, 2.24) is 0 Å². The Balaban J connectivity index is 2.68. The van der Waals surface area contributed by atoms with Crippen LogP contribution in [0.5, 0.6) is 0 Å². The minimum Gasteiger partial charge on any atom is -0.463 e. The van der Waals surface area contributed by atoms with E-state index < -0.39 is 12.6 Å². The molecule has 0 saturated heterocycles. The van der Waals surface area contributed by atoms with Crippen molar-refractivity contribution in [3.63, 3.8) is 0 Å². The number of carbonyl (C=O) groups excluding carboxylic acids is 2. The average molecular weight is 234 g/mol. The van der Waals surface area contributed by atoms with Crippen molar-refractivity contribution in [3.8, 4) is 0 Å². The standard InChI is InChI=1S/C13H14O4/c1-2-17-13(16)8-5-10-3-6-11(7-4-10)12(15)9-14/h3-8,14H,2,9H2,1H3. The fraction of sp³-hybridized carbons (Fsp3) is 0.231. The molecule has 0 bridgehead atoms. The van der Waals surface area contributed by atoms with Crippen molar-refractivity contribution in [2.45, 2.75) is 6.92 Å². The summed E-state index contributed by atoms with van der Waals surface area (Å²) in [5, 5.41) is 8.67. The molecule has 0 aromatic heterocycles. The number of rotatable bonds is 5. The smallest absolute Gasteiger partial charge is 0.330 e. The molecule has 1 rings (SSSR count). The van der Waals surface area contributed by atoms with Crippen molar-refractivity contribution in [2.75, 3.05) is 13.2 Å². The summed E-state index contributed by atoms with van der Waals surface area (Å²) >= 11 is 0. The normalized spacial score (nSPS) is 10.5. The molecule has 4 heteroatoms. The Morgan fingerprint density at radius 2 is 1.94 bits per heavy atom. The number of Topliss-reactive ketones (excluding diaryl/α,β-unsaturated/α-hetero) is 1. The quantitative estimate of drug-likeness (QED) is 0.475. The molecule has 17 heavy (non-hydrogen) atoms. The Hall–Kier alpha value is -1.94. The summed E-state index contributed by atoms with van der Waals surface area (Å²) in [6, 6.07) is 6.59. The Morgan fingerprint density at radius 1 is 1.29 bits per heavy atom. The monoisotopic (exact) mass is 234 g/mol. The van der Waals surface area contributed by atoms with Gasteiger partial charge in [0.1, 0.15) is 6.61 Å². The predicted octanol–water partition coefficient (Wildman–Crippen LogP) is 1.44. The minimum absolute atomic E-state index is 0.328. The maximum Gasteiger partial charge on any atom is 0.330 e. The van der Waals surface area contributed by atoms with Gasteiger partial charge in [0.2, 0.25) is 0 Å². The van der Waals surface area contributed by atoms with E-state index in [1.165, 1.54) is 6.08 Å². The second-order valence-electron chi connectivity index (χ2n) is 3.29. The summed E-state index contributed by atoms with van der Waals surface area (Å²) < 4.78 is 4.73. The molecule has 0 aliphatic carbocycles. The third kappa shape index (κ3) is 4.20. The number of esters is 1. The molecule has 4 nitrogen and oxygen atoms in total. The summed E-state index contributed by atoms with van der Waals surface area (Å²) in [4.78, 5) is 22.2. The summed E-state index contributed by atoms with van der Waals surface area (Å²) in [7, 11) is 0. The lowest BCUT2D eigenvalue weighted by Crippen LogP contribution is -2.03. The maximum atomic E-state index is 11.1. The van der Waals surface area contributed by atoms with Crippen LogP contribution < -0.4 is 0 Å². The van der Waals surface area contributed by atoms with E-state index in [2.05, 4.69) is 0 Å². The third-order valence-electron chi connectivity index (χ3n) is 2.07. The Kier molecular flexibility index (Phi) is 5.10. The summed E-state index contributed by atoms with van der Waals surface area (Å²) in [5.41, 5.74) is 1.23. The molecule has 0 atom stereocenters. The fourth-order valence-electron chi connectivity index (χ4n) is 1.23. The molecule has 0 aliphatic heterocycles. The molecule has 90 valence electrons. The van der Waals surface area contributed by atoms with E-state index in [0.717, 1.165) is 5.56 Å². The molecule has 0 saturated carbocycles. The lowest BCUT2D eigenvalue weighted by molar-refractivity contribution is -0.137. The highest BCUT2D eigenvalue weighted by atomic mass is 16.5. The predicted molar refractivity (Wildman–Crippen MR) is 63.5 cm³/mol. The molecule has 1 aromatic rings. The van der Waals surface area contributed by atoms with Crippen LogP contribution in [0.1, 0.15) is 22.8 Å². The molecule has 0 fully saturated rings. The molecular formula is C13H14O4. The van der Waals surface area contributed by atoms with Crippen molar-refractivity contribution < 1.29 is 19.4 Å². The minimum atomic E-state index is -0.502. The Labute approximate surface area is 99.5 Å². The lowest BCUT2D eigenvalue weighted by Gasteiger charge is -1.98. The molecular weight excluding hydrogens is 220 g/mol. The van der Waals surface area contributed by atoms with Gasteiger partial charge in [-0.25, -0.2) is 4.79 Å². The van der Waals surface area contributed by atoms with Crippen LogP contribution in [-0.4, -0.2) is 30.1 Å². The first-order valence-corrected chi connectivity index (χ1v) is 5.26. The van der Waals surface area contributed by atoms with E-state index in [9.17, 15) is 9.59 Å². The van der Waals surface area contributed by atoms with E-state index in [0.29, 0.717) is 12.2 Å². The maximum absolute atomic E-state index is 11.1. The number of aliphatic hydroxyl groups is 1. The number of ketones is 1. The van der Waals surface area contributed by atoms with Gasteiger partial charge in [-0.15, -0.1) is 0 Å². The number of carbonyl (C=O) groups is 2. The Morgan fingerprint density at radius 3 is 2.47 bits per heavy atom. The van der Waals surface area contributed by atoms with Crippen LogP contribution in [-0.2, 0) is 9.53 Å². The van der Waals surface area contributed by atoms with Crippen LogP contribution in [0.4, 0.5) is 0 Å². The molecule has 1 aromatic carbocycles. The molecule has 0 aliphatic rings. The zero-order valence-corrected chi connectivity index (χ0v) is 9.55. The summed E-state index contributed by atoms with van der Waals surface area (Å²) in [6.45, 7) is 1.58. The Bertz CT molecular complexity index is 418. The van der Waals surface area contributed by atoms with E-state index >= 15 is 0 Å². The van der Waals surface area contributed by atoms with Crippen LogP contribution in [0.3, 0.4) is 0 Å². The second-order valence-corrected chi connectivity index (χ2v) is 3.29. The highest BCUT2D eigenvalue weighted by Crippen LogP contribution is 2.07. The van der Waals surface area contributed by atoms with Gasteiger partial charge in [0.25, 0.3) is 0 Å². The fourth-order valence-corrected chi connectivity index (χ4v) is 1.23. The first-order valence-electron chi connectivity index (χ1n) is 5.26. The molecule has 0 spiro atoms. The van der Waals surface area contributed by atoms with Gasteiger partial charge >= 0.3 is 5.97 Å². The SMILES string of the molecule is CCOC(=O)C=Cc1ccc(C(=O)CO)cc1. The summed E-state index contributed by atoms with van der Waals surface area (Å²) in [6.07, 6.45) is 2.93. The van der Waals surface area contributed by atoms with Gasteiger partial charge in [0.15, 0.2) is 5.78 Å². The molecule has 0 radical (unpaired) electrons. The number of benzene rings is 1. The van der Waals surface area contributed by atoms with Crippen molar-refractivity contribution in [3.05, 3.63) is 41.5 Å². The number of hydrogen-bond donors (Lipinski definition) is 1. The van der Waals surface area contributed by atoms with Crippen LogP contribution in [0.2, 0.25) is 0 Å². The zero-order chi connectivity index (χ0) is 12.7. The van der Waals surface area contributed by atoms with Crippen molar-refractivity contribution in [2.24, 2.45) is 0 Å². The van der Waals surface area contributed by atoms with Crippen LogP contribution in [0, 0.1) is 0 Å². The number of hydrogen-bond acceptors (Lipinski definition) is 4. The topological polar surface area (TPSA) is 63.6 Å². The zero-order valence-electron chi connectivity index (χ0n) is 9.55. The number of ether oxygens (including phenoxy) is 1. The lowest BCUT2D eigenvalue weighted by atomic mass is 10.1. The largest absolute Gasteiger partial charge is 0.463 e. The molecule has 0 unspecified atom stereocenters. The van der Waals surface area contributed by atoms with Gasteiger partial charge in [0.05, 0.1) is 6.61 Å². The van der Waals surface area contributed by atoms with Gasteiger partial charge in [-0.1, -0.05) is 24.3 Å². The highest BCUT2D eigenvalue weighted by molar-refractivity contribution is 5.97. The molecule has 0 heterocycles. The molecule has 1 N–H and O–H groups in total. The van der Waals surface area contributed by atoms with Gasteiger partial charge in [0, 0.05) is 11.6 Å². The van der Waals surface area contributed by atoms with Crippen molar-refractivity contribution in [1.29, 1.82) is 0 Å². The first-order chi connectivity index (χ1) is 8.17. The summed E-state index contributed by atoms with van der Waals surface area (Å²) in [5.74, 6) is -0.728. The first kappa shape index (κ1) is 13.1. The van der Waals surface area contributed by atoms with Crippen molar-refractivity contribution >= 4 is 17.8 Å². The average Bonchev–Trinajstić information content (AvgIpc) is 2.36. The number of aliphatic hydroxyl groups excluding tert-OH is 1. The highest BCUT2D eigenvalue weighted by Gasteiger charge is 2.02. The van der Waals surface area contributed by atoms with Gasteiger partial charge < -0.3 is 9.84 Å². The van der Waals surface area contributed by atoms with Crippen LogP contribution in [0.25, 0.3) is 6.08 Å².